The van der Waals surface area contributed by atoms with Gasteiger partial charge >= 0.3 is 11.9 Å². The van der Waals surface area contributed by atoms with Gasteiger partial charge in [-0.1, -0.05) is 65.2 Å². The lowest BCUT2D eigenvalue weighted by Crippen LogP contribution is -2.44. The fourth-order valence-corrected chi connectivity index (χ4v) is 4.51. The van der Waals surface area contributed by atoms with Gasteiger partial charge in [0.05, 0.1) is 38.1 Å². The Labute approximate surface area is 221 Å². The third kappa shape index (κ3) is 15.2. The number of hydrogen-bond donors (Lipinski definition) is 2. The number of quaternary nitrogens is 1. The van der Waals surface area contributed by atoms with Crippen LogP contribution in [0.5, 0.6) is 0 Å². The molecule has 0 radical (unpaired) electrons. The molecule has 2 unspecified atom stereocenters. The van der Waals surface area contributed by atoms with Gasteiger partial charge in [-0.15, -0.1) is 0 Å². The molecule has 0 saturated heterocycles. The van der Waals surface area contributed by atoms with Crippen LogP contribution >= 0.6 is 0 Å². The van der Waals surface area contributed by atoms with Crippen LogP contribution in [-0.2, 0) is 19.1 Å². The molecule has 0 aliphatic rings. The summed E-state index contributed by atoms with van der Waals surface area (Å²) in [5.74, 6) is -0.794. The average molecular weight is 517 g/mol. The molecular weight excluding hydrogens is 458 g/mol. The van der Waals surface area contributed by atoms with Crippen molar-refractivity contribution in [3.63, 3.8) is 0 Å². The number of aliphatic hydroxyl groups excluding tert-OH is 2. The number of aliphatic hydroxyl groups is 2. The van der Waals surface area contributed by atoms with Crippen molar-refractivity contribution in [2.45, 2.75) is 118 Å². The van der Waals surface area contributed by atoms with E-state index in [4.69, 9.17) is 14.6 Å². The summed E-state index contributed by atoms with van der Waals surface area (Å²) in [4.78, 5) is 25.5. The van der Waals surface area contributed by atoms with Crippen LogP contribution in [0.4, 0.5) is 0 Å². The van der Waals surface area contributed by atoms with E-state index in [0.29, 0.717) is 13.0 Å². The van der Waals surface area contributed by atoms with Crippen LogP contribution in [0.25, 0.3) is 0 Å². The van der Waals surface area contributed by atoms with E-state index in [0.717, 1.165) is 17.6 Å². The third-order valence-corrected chi connectivity index (χ3v) is 7.32. The first-order valence-electron chi connectivity index (χ1n) is 14.3. The minimum absolute atomic E-state index is 0.262. The van der Waals surface area contributed by atoms with E-state index in [1.54, 1.807) is 20.8 Å². The summed E-state index contributed by atoms with van der Waals surface area (Å²) in [6.45, 7) is 10.9. The zero-order chi connectivity index (χ0) is 27.7. The molecule has 0 aliphatic carbocycles. The first-order chi connectivity index (χ1) is 16.8. The van der Waals surface area contributed by atoms with E-state index < -0.39 is 29.5 Å². The molecule has 214 valence electrons. The molecule has 0 saturated carbocycles. The van der Waals surface area contributed by atoms with Gasteiger partial charge in [0.15, 0.2) is 0 Å². The fourth-order valence-electron chi connectivity index (χ4n) is 4.51. The number of esters is 2. The lowest BCUT2D eigenvalue weighted by molar-refractivity contribution is -0.890. The summed E-state index contributed by atoms with van der Waals surface area (Å²) in [7, 11) is 4.36. The van der Waals surface area contributed by atoms with Crippen LogP contribution in [0.2, 0.25) is 0 Å². The minimum atomic E-state index is -1.10. The number of ether oxygens (including phenoxy) is 2. The Balaban J connectivity index is 4.35. The summed E-state index contributed by atoms with van der Waals surface area (Å²) >= 11 is 0. The molecule has 0 aromatic carbocycles. The van der Waals surface area contributed by atoms with Crippen LogP contribution in [0.3, 0.4) is 0 Å². The third-order valence-electron chi connectivity index (χ3n) is 7.32. The Kier molecular flexibility index (Phi) is 17.5. The average Bonchev–Trinajstić information content (AvgIpc) is 2.82. The standard InChI is InChI=1S/C29H58NO6/c1-8-10-11-12-13-14-15-16-17-18-19-30(6,7)20-21-35-26(33)28(3,4)24-29(5,9-2)27(34)36-23-25(32)22-31/h25,31-32H,8-24H2,1-7H3/q+1. The Bertz CT molecular complexity index is 607. The van der Waals surface area contributed by atoms with E-state index in [1.165, 1.54) is 64.2 Å². The van der Waals surface area contributed by atoms with Crippen molar-refractivity contribution in [2.75, 3.05) is 47.0 Å². The molecule has 0 fully saturated rings. The van der Waals surface area contributed by atoms with E-state index in [9.17, 15) is 14.7 Å². The molecule has 0 amide bonds. The van der Waals surface area contributed by atoms with Crippen LogP contribution in [0.15, 0.2) is 0 Å². The highest BCUT2D eigenvalue weighted by Crippen LogP contribution is 2.38. The van der Waals surface area contributed by atoms with Gasteiger partial charge in [0.1, 0.15) is 25.9 Å². The molecule has 2 atom stereocenters. The Hall–Kier alpha value is -1.18. The lowest BCUT2D eigenvalue weighted by Gasteiger charge is -2.34. The number of nitrogens with zero attached hydrogens (tertiary/aromatic N) is 1. The summed E-state index contributed by atoms with van der Waals surface area (Å²) in [6, 6.07) is 0. The zero-order valence-electron chi connectivity index (χ0n) is 24.6. The molecule has 0 aromatic heterocycles. The molecule has 0 aromatic rings. The van der Waals surface area contributed by atoms with Crippen molar-refractivity contribution in [3.05, 3.63) is 0 Å². The van der Waals surface area contributed by atoms with Crippen molar-refractivity contribution >= 4 is 11.9 Å². The van der Waals surface area contributed by atoms with Gasteiger partial charge in [-0.2, -0.15) is 0 Å². The first-order valence-corrected chi connectivity index (χ1v) is 14.3. The van der Waals surface area contributed by atoms with Crippen LogP contribution in [0, 0.1) is 10.8 Å². The van der Waals surface area contributed by atoms with Gasteiger partial charge in [0.25, 0.3) is 0 Å². The predicted octanol–water partition coefficient (Wildman–Crippen LogP) is 5.26. The maximum absolute atomic E-state index is 12.9. The molecular formula is C29H58NO6+. The zero-order valence-corrected chi connectivity index (χ0v) is 24.6. The van der Waals surface area contributed by atoms with E-state index in [1.807, 2.05) is 6.92 Å². The number of carbonyl (C=O) groups excluding carboxylic acids is 2. The Morgan fingerprint density at radius 3 is 1.83 bits per heavy atom. The van der Waals surface area contributed by atoms with Crippen molar-refractivity contribution in [2.24, 2.45) is 10.8 Å². The second-order valence-electron chi connectivity index (χ2n) is 12.1. The van der Waals surface area contributed by atoms with Crippen LogP contribution < -0.4 is 0 Å². The molecule has 36 heavy (non-hydrogen) atoms. The second kappa shape index (κ2) is 18.1. The highest BCUT2D eigenvalue weighted by molar-refractivity contribution is 5.80. The summed E-state index contributed by atoms with van der Waals surface area (Å²) in [5.41, 5.74) is -1.74. The summed E-state index contributed by atoms with van der Waals surface area (Å²) < 4.78 is 11.7. The van der Waals surface area contributed by atoms with Crippen LogP contribution in [-0.4, -0.2) is 79.7 Å². The summed E-state index contributed by atoms with van der Waals surface area (Å²) in [6.07, 6.45) is 12.9. The number of likely N-dealkylation sites (N-methyl/N-ethyl adjacent to an activating group) is 1. The predicted molar refractivity (Wildman–Crippen MR) is 145 cm³/mol. The highest BCUT2D eigenvalue weighted by atomic mass is 16.5. The van der Waals surface area contributed by atoms with E-state index in [2.05, 4.69) is 21.0 Å². The van der Waals surface area contributed by atoms with Crippen molar-refractivity contribution in [3.8, 4) is 0 Å². The maximum atomic E-state index is 12.9. The quantitative estimate of drug-likeness (QED) is 0.116. The molecule has 0 heterocycles. The van der Waals surface area contributed by atoms with Gasteiger partial charge in [0, 0.05) is 0 Å². The highest BCUT2D eigenvalue weighted by Gasteiger charge is 2.43. The van der Waals surface area contributed by atoms with Gasteiger partial charge in [-0.05, 0) is 46.5 Å². The Morgan fingerprint density at radius 1 is 0.806 bits per heavy atom. The molecule has 7 heteroatoms. The topological polar surface area (TPSA) is 93.1 Å². The van der Waals surface area contributed by atoms with Crippen molar-refractivity contribution < 1.29 is 33.8 Å². The lowest BCUT2D eigenvalue weighted by atomic mass is 9.72. The fraction of sp³-hybridized carbons (Fsp3) is 0.931. The Morgan fingerprint density at radius 2 is 1.33 bits per heavy atom. The van der Waals surface area contributed by atoms with Gasteiger partial charge in [0.2, 0.25) is 0 Å². The maximum Gasteiger partial charge on any atom is 0.311 e. The monoisotopic (exact) mass is 516 g/mol. The van der Waals surface area contributed by atoms with Gasteiger partial charge < -0.3 is 24.2 Å². The van der Waals surface area contributed by atoms with Crippen LogP contribution in [0.1, 0.15) is 112 Å². The minimum Gasteiger partial charge on any atom is -0.462 e. The molecule has 7 nitrogen and oxygen atoms in total. The second-order valence-corrected chi connectivity index (χ2v) is 12.1. The smallest absolute Gasteiger partial charge is 0.311 e. The number of carbonyl (C=O) groups is 2. The molecule has 2 N–H and O–H groups in total. The van der Waals surface area contributed by atoms with Gasteiger partial charge in [-0.3, -0.25) is 9.59 Å². The van der Waals surface area contributed by atoms with E-state index >= 15 is 0 Å². The largest absolute Gasteiger partial charge is 0.462 e. The molecule has 0 bridgehead atoms. The van der Waals surface area contributed by atoms with Crippen molar-refractivity contribution in [1.82, 2.24) is 0 Å². The number of rotatable bonds is 22. The van der Waals surface area contributed by atoms with E-state index in [-0.39, 0.29) is 19.0 Å². The molecule has 0 rings (SSSR count). The van der Waals surface area contributed by atoms with Gasteiger partial charge in [-0.25, -0.2) is 0 Å². The normalized spacial score (nSPS) is 14.8. The number of unbranched alkanes of at least 4 members (excludes halogenated alkanes) is 9. The summed E-state index contributed by atoms with van der Waals surface area (Å²) in [5, 5.41) is 18.4. The SMILES string of the molecule is CCCCCCCCCCCC[N+](C)(C)CCOC(=O)C(C)(C)CC(C)(CC)C(=O)OCC(O)CO. The number of hydrogen-bond acceptors (Lipinski definition) is 6. The first kappa shape index (κ1) is 34.8. The molecule has 0 spiro atoms. The van der Waals surface area contributed by atoms with Crippen molar-refractivity contribution in [1.29, 1.82) is 0 Å². The molecule has 0 aliphatic heterocycles.